The zero-order valence-electron chi connectivity index (χ0n) is 14.2. The first-order valence-corrected chi connectivity index (χ1v) is 10.2. The Kier molecular flexibility index (Phi) is 7.70. The third-order valence-corrected chi connectivity index (χ3v) is 5.63. The Morgan fingerprint density at radius 1 is 1.23 bits per heavy atom. The highest BCUT2D eigenvalue weighted by molar-refractivity contribution is 9.10. The first-order chi connectivity index (χ1) is 12.4. The third-order valence-electron chi connectivity index (χ3n) is 3.48. The highest BCUT2D eigenvalue weighted by Crippen LogP contribution is 2.21. The summed E-state index contributed by atoms with van der Waals surface area (Å²) >= 11 is 3.29. The van der Waals surface area contributed by atoms with Crippen molar-refractivity contribution in [2.24, 2.45) is 0 Å². The lowest BCUT2D eigenvalue weighted by Crippen LogP contribution is -2.29. The van der Waals surface area contributed by atoms with Crippen LogP contribution in [0.4, 0.5) is 0 Å². The van der Waals surface area contributed by atoms with Crippen LogP contribution < -0.4 is 10.0 Å². The number of rotatable bonds is 9. The normalized spacial score (nSPS) is 11.3. The Balaban J connectivity index is 2.05. The van der Waals surface area contributed by atoms with Crippen LogP contribution in [0.2, 0.25) is 0 Å². The molecular formula is C17H20BrN3O4S. The molecule has 7 nitrogen and oxygen atoms in total. The van der Waals surface area contributed by atoms with Gasteiger partial charge in [-0.3, -0.25) is 9.78 Å². The molecule has 9 heteroatoms. The minimum Gasteiger partial charge on any atom is -0.383 e. The molecule has 0 aliphatic rings. The van der Waals surface area contributed by atoms with Crippen molar-refractivity contribution in [2.75, 3.05) is 26.8 Å². The van der Waals surface area contributed by atoms with E-state index >= 15 is 0 Å². The number of halogens is 1. The number of methoxy groups -OCH3 is 1. The number of hydrogen-bond acceptors (Lipinski definition) is 5. The maximum Gasteiger partial charge on any atom is 0.252 e. The minimum atomic E-state index is -3.71. The van der Waals surface area contributed by atoms with E-state index < -0.39 is 10.0 Å². The van der Waals surface area contributed by atoms with E-state index in [4.69, 9.17) is 4.74 Å². The summed E-state index contributed by atoms with van der Waals surface area (Å²) in [6, 6.07) is 9.90. The maximum absolute atomic E-state index is 12.4. The SMILES string of the molecule is COCCNS(=O)(=O)c1ccc(Br)c(C(=O)NCCc2ccccn2)c1. The van der Waals surface area contributed by atoms with Gasteiger partial charge in [0, 0.05) is 43.0 Å². The summed E-state index contributed by atoms with van der Waals surface area (Å²) < 4.78 is 32.3. The van der Waals surface area contributed by atoms with E-state index in [1.807, 2.05) is 18.2 Å². The number of aromatic nitrogens is 1. The topological polar surface area (TPSA) is 97.4 Å². The largest absolute Gasteiger partial charge is 0.383 e. The van der Waals surface area contributed by atoms with Gasteiger partial charge in [0.15, 0.2) is 0 Å². The standard InChI is InChI=1S/C17H20BrN3O4S/c1-25-11-10-21-26(23,24)14-5-6-16(18)15(12-14)17(22)20-9-7-13-4-2-3-8-19-13/h2-6,8,12,21H,7,9-11H2,1H3,(H,20,22). The molecule has 0 fully saturated rings. The zero-order valence-corrected chi connectivity index (χ0v) is 16.6. The van der Waals surface area contributed by atoms with Crippen LogP contribution in [0.5, 0.6) is 0 Å². The molecule has 1 heterocycles. The Labute approximate surface area is 161 Å². The monoisotopic (exact) mass is 441 g/mol. The molecule has 0 saturated heterocycles. The fraction of sp³-hybridized carbons (Fsp3) is 0.294. The summed E-state index contributed by atoms with van der Waals surface area (Å²) in [6.45, 7) is 0.808. The summed E-state index contributed by atoms with van der Waals surface area (Å²) in [7, 11) is -2.22. The average molecular weight is 442 g/mol. The van der Waals surface area contributed by atoms with Crippen LogP contribution in [0.25, 0.3) is 0 Å². The molecule has 0 saturated carbocycles. The summed E-state index contributed by atoms with van der Waals surface area (Å²) in [4.78, 5) is 16.6. The van der Waals surface area contributed by atoms with Crippen molar-refractivity contribution >= 4 is 31.9 Å². The Morgan fingerprint density at radius 3 is 2.73 bits per heavy atom. The molecule has 1 amide bonds. The third kappa shape index (κ3) is 5.87. The molecule has 0 aliphatic heterocycles. The Hall–Kier alpha value is -1.81. The molecular weight excluding hydrogens is 422 g/mol. The number of nitrogens with zero attached hydrogens (tertiary/aromatic N) is 1. The average Bonchev–Trinajstić information content (AvgIpc) is 2.63. The predicted octanol–water partition coefficient (Wildman–Crippen LogP) is 1.74. The Bertz CT molecular complexity index is 844. The van der Waals surface area contributed by atoms with E-state index in [1.54, 1.807) is 12.3 Å². The van der Waals surface area contributed by atoms with Gasteiger partial charge < -0.3 is 10.1 Å². The minimum absolute atomic E-state index is 0.0201. The highest BCUT2D eigenvalue weighted by Gasteiger charge is 2.18. The van der Waals surface area contributed by atoms with Gasteiger partial charge in [-0.2, -0.15) is 0 Å². The van der Waals surface area contributed by atoms with Crippen LogP contribution >= 0.6 is 15.9 Å². The molecule has 1 aromatic carbocycles. The zero-order chi connectivity index (χ0) is 19.0. The van der Waals surface area contributed by atoms with Crippen molar-refractivity contribution in [3.8, 4) is 0 Å². The van der Waals surface area contributed by atoms with Crippen LogP contribution in [0, 0.1) is 0 Å². The lowest BCUT2D eigenvalue weighted by molar-refractivity contribution is 0.0953. The van der Waals surface area contributed by atoms with E-state index in [2.05, 4.69) is 31.0 Å². The maximum atomic E-state index is 12.4. The van der Waals surface area contributed by atoms with Crippen LogP contribution in [0.1, 0.15) is 16.1 Å². The van der Waals surface area contributed by atoms with Crippen molar-refractivity contribution in [3.63, 3.8) is 0 Å². The molecule has 0 aliphatic carbocycles. The second-order valence-corrected chi connectivity index (χ2v) is 7.98. The number of hydrogen-bond donors (Lipinski definition) is 2. The number of ether oxygens (including phenoxy) is 1. The highest BCUT2D eigenvalue weighted by atomic mass is 79.9. The van der Waals surface area contributed by atoms with Gasteiger partial charge in [-0.05, 0) is 46.3 Å². The van der Waals surface area contributed by atoms with E-state index in [1.165, 1.54) is 19.2 Å². The molecule has 26 heavy (non-hydrogen) atoms. The lowest BCUT2D eigenvalue weighted by atomic mass is 10.2. The number of benzene rings is 1. The molecule has 1 aromatic heterocycles. The first kappa shape index (κ1) is 20.5. The van der Waals surface area contributed by atoms with Gasteiger partial charge in [-0.15, -0.1) is 0 Å². The van der Waals surface area contributed by atoms with E-state index in [0.717, 1.165) is 5.69 Å². The molecule has 140 valence electrons. The fourth-order valence-electron chi connectivity index (χ4n) is 2.15. The molecule has 0 bridgehead atoms. The summed E-state index contributed by atoms with van der Waals surface area (Å²) in [6.07, 6.45) is 2.28. The number of carbonyl (C=O) groups is 1. The van der Waals surface area contributed by atoms with Crippen molar-refractivity contribution in [2.45, 2.75) is 11.3 Å². The summed E-state index contributed by atoms with van der Waals surface area (Å²) in [5.41, 5.74) is 1.12. The van der Waals surface area contributed by atoms with Crippen molar-refractivity contribution in [1.29, 1.82) is 0 Å². The van der Waals surface area contributed by atoms with Gasteiger partial charge >= 0.3 is 0 Å². The molecule has 0 atom stereocenters. The second kappa shape index (κ2) is 9.77. The van der Waals surface area contributed by atoms with Gasteiger partial charge in [-0.1, -0.05) is 6.07 Å². The van der Waals surface area contributed by atoms with E-state index in [9.17, 15) is 13.2 Å². The van der Waals surface area contributed by atoms with Crippen LogP contribution in [-0.2, 0) is 21.2 Å². The lowest BCUT2D eigenvalue weighted by Gasteiger charge is -2.10. The number of pyridine rings is 1. The number of nitrogens with one attached hydrogen (secondary N) is 2. The number of sulfonamides is 1. The van der Waals surface area contributed by atoms with Gasteiger partial charge in [0.2, 0.25) is 10.0 Å². The number of amides is 1. The van der Waals surface area contributed by atoms with Gasteiger partial charge in [0.1, 0.15) is 0 Å². The molecule has 2 N–H and O–H groups in total. The molecule has 2 aromatic rings. The van der Waals surface area contributed by atoms with E-state index in [-0.39, 0.29) is 29.5 Å². The van der Waals surface area contributed by atoms with Gasteiger partial charge in [-0.25, -0.2) is 13.1 Å². The second-order valence-electron chi connectivity index (χ2n) is 5.36. The summed E-state index contributed by atoms with van der Waals surface area (Å²) in [5.74, 6) is -0.359. The molecule has 0 radical (unpaired) electrons. The predicted molar refractivity (Wildman–Crippen MR) is 101 cm³/mol. The van der Waals surface area contributed by atoms with Crippen molar-refractivity contribution < 1.29 is 17.9 Å². The first-order valence-electron chi connectivity index (χ1n) is 7.90. The van der Waals surface area contributed by atoms with Gasteiger partial charge in [0.25, 0.3) is 5.91 Å². The molecule has 0 unspecified atom stereocenters. The van der Waals surface area contributed by atoms with E-state index in [0.29, 0.717) is 17.4 Å². The fourth-order valence-corrected chi connectivity index (χ4v) is 3.62. The smallest absolute Gasteiger partial charge is 0.252 e. The van der Waals surface area contributed by atoms with Gasteiger partial charge in [0.05, 0.1) is 17.1 Å². The van der Waals surface area contributed by atoms with Crippen LogP contribution in [-0.4, -0.2) is 46.1 Å². The quantitative estimate of drug-likeness (QED) is 0.577. The number of carbonyl (C=O) groups excluding carboxylic acids is 1. The molecule has 2 rings (SSSR count). The van der Waals surface area contributed by atoms with Crippen LogP contribution in [0.3, 0.4) is 0 Å². The molecule has 0 spiro atoms. The Morgan fingerprint density at radius 2 is 2.04 bits per heavy atom. The van der Waals surface area contributed by atoms with Crippen molar-refractivity contribution in [3.05, 3.63) is 58.3 Å². The van der Waals surface area contributed by atoms with Crippen LogP contribution in [0.15, 0.2) is 52.0 Å². The summed E-state index contributed by atoms with van der Waals surface area (Å²) in [5, 5.41) is 2.78. The van der Waals surface area contributed by atoms with Crippen molar-refractivity contribution in [1.82, 2.24) is 15.0 Å².